The molecule has 0 saturated carbocycles. The molecule has 3 unspecified atom stereocenters. The van der Waals surface area contributed by atoms with Crippen LogP contribution in [0.5, 0.6) is 0 Å². The molecule has 1 aromatic carbocycles. The van der Waals surface area contributed by atoms with Crippen molar-refractivity contribution in [3.8, 4) is 0 Å². The molecule has 1 N–H and O–H groups in total. The first kappa shape index (κ1) is 14.0. The van der Waals surface area contributed by atoms with E-state index in [-0.39, 0.29) is 18.0 Å². The molecule has 0 spiro atoms. The van der Waals surface area contributed by atoms with Gasteiger partial charge in [0.1, 0.15) is 5.82 Å². The Kier molecular flexibility index (Phi) is 4.34. The number of nitrogens with one attached hydrogen (secondary N) is 1. The van der Waals surface area contributed by atoms with Crippen LogP contribution in [0.15, 0.2) is 24.3 Å². The molecule has 0 aromatic heterocycles. The highest BCUT2D eigenvalue weighted by Gasteiger charge is 2.32. The van der Waals surface area contributed by atoms with E-state index in [2.05, 4.69) is 10.2 Å². The van der Waals surface area contributed by atoms with Gasteiger partial charge in [0.05, 0.1) is 12.7 Å². The Morgan fingerprint density at radius 3 is 3.15 bits per heavy atom. The van der Waals surface area contributed by atoms with Gasteiger partial charge in [-0.15, -0.1) is 0 Å². The Balaban J connectivity index is 1.51. The standard InChI is InChI=1S/C16H23FN2O/c1-12(15-6-2-3-7-16(15)17)18-9-14-10-19-8-4-5-13(19)11-20-14/h2-3,6-7,12-14,18H,4-5,8-11H2,1H3. The quantitative estimate of drug-likeness (QED) is 0.915. The molecule has 4 heteroatoms. The van der Waals surface area contributed by atoms with Crippen LogP contribution in [0.25, 0.3) is 0 Å². The van der Waals surface area contributed by atoms with E-state index in [9.17, 15) is 4.39 Å². The number of morpholine rings is 1. The lowest BCUT2D eigenvalue weighted by molar-refractivity contribution is -0.0477. The normalized spacial score (nSPS) is 28.3. The minimum Gasteiger partial charge on any atom is -0.374 e. The van der Waals surface area contributed by atoms with Gasteiger partial charge in [0.25, 0.3) is 0 Å². The molecule has 2 heterocycles. The van der Waals surface area contributed by atoms with Gasteiger partial charge in [-0.25, -0.2) is 4.39 Å². The first-order valence-corrected chi connectivity index (χ1v) is 7.57. The number of hydrogen-bond donors (Lipinski definition) is 1. The zero-order chi connectivity index (χ0) is 13.9. The molecular formula is C16H23FN2O. The summed E-state index contributed by atoms with van der Waals surface area (Å²) < 4.78 is 19.6. The second kappa shape index (κ2) is 6.20. The number of benzene rings is 1. The van der Waals surface area contributed by atoms with Crippen LogP contribution >= 0.6 is 0 Å². The van der Waals surface area contributed by atoms with Crippen molar-refractivity contribution >= 4 is 0 Å². The maximum Gasteiger partial charge on any atom is 0.127 e. The lowest BCUT2D eigenvalue weighted by Gasteiger charge is -2.35. The molecule has 2 aliphatic rings. The molecule has 2 saturated heterocycles. The van der Waals surface area contributed by atoms with Crippen LogP contribution in [-0.4, -0.2) is 43.3 Å². The van der Waals surface area contributed by atoms with E-state index in [1.54, 1.807) is 6.07 Å². The molecule has 3 atom stereocenters. The first-order chi connectivity index (χ1) is 9.74. The fourth-order valence-corrected chi connectivity index (χ4v) is 3.25. The highest BCUT2D eigenvalue weighted by molar-refractivity contribution is 5.20. The van der Waals surface area contributed by atoms with E-state index in [4.69, 9.17) is 4.74 Å². The maximum absolute atomic E-state index is 13.7. The number of hydrogen-bond acceptors (Lipinski definition) is 3. The Labute approximate surface area is 120 Å². The second-order valence-corrected chi connectivity index (χ2v) is 5.90. The molecule has 0 aliphatic carbocycles. The summed E-state index contributed by atoms with van der Waals surface area (Å²) in [7, 11) is 0. The summed E-state index contributed by atoms with van der Waals surface area (Å²) >= 11 is 0. The predicted molar refractivity (Wildman–Crippen MR) is 77.2 cm³/mol. The number of halogens is 1. The molecule has 0 radical (unpaired) electrons. The van der Waals surface area contributed by atoms with Gasteiger partial charge in [-0.1, -0.05) is 18.2 Å². The lowest BCUT2D eigenvalue weighted by atomic mass is 10.1. The Hall–Kier alpha value is -0.970. The third-order valence-electron chi connectivity index (χ3n) is 4.48. The maximum atomic E-state index is 13.7. The predicted octanol–water partition coefficient (Wildman–Crippen LogP) is 2.34. The van der Waals surface area contributed by atoms with Crippen molar-refractivity contribution in [2.45, 2.75) is 38.0 Å². The van der Waals surface area contributed by atoms with Crippen molar-refractivity contribution < 1.29 is 9.13 Å². The molecular weight excluding hydrogens is 255 g/mol. The Morgan fingerprint density at radius 1 is 1.45 bits per heavy atom. The highest BCUT2D eigenvalue weighted by atomic mass is 19.1. The molecule has 3 rings (SSSR count). The summed E-state index contributed by atoms with van der Waals surface area (Å²) in [6.45, 7) is 5.83. The molecule has 20 heavy (non-hydrogen) atoms. The van der Waals surface area contributed by atoms with Crippen LogP contribution in [0.1, 0.15) is 31.4 Å². The van der Waals surface area contributed by atoms with E-state index in [0.29, 0.717) is 6.04 Å². The SMILES string of the molecule is CC(NCC1CN2CCCC2CO1)c1ccccc1F. The van der Waals surface area contributed by atoms with Crippen LogP contribution in [-0.2, 0) is 4.74 Å². The summed E-state index contributed by atoms with van der Waals surface area (Å²) in [6.07, 6.45) is 2.78. The van der Waals surface area contributed by atoms with E-state index in [1.165, 1.54) is 25.5 Å². The smallest absolute Gasteiger partial charge is 0.127 e. The average Bonchev–Trinajstić information content (AvgIpc) is 2.92. The zero-order valence-electron chi connectivity index (χ0n) is 12.0. The average molecular weight is 278 g/mol. The molecule has 110 valence electrons. The van der Waals surface area contributed by atoms with Gasteiger partial charge in [0.15, 0.2) is 0 Å². The molecule has 1 aromatic rings. The Morgan fingerprint density at radius 2 is 2.30 bits per heavy atom. The topological polar surface area (TPSA) is 24.5 Å². The van der Waals surface area contributed by atoms with Gasteiger partial charge >= 0.3 is 0 Å². The number of rotatable bonds is 4. The lowest BCUT2D eigenvalue weighted by Crippen LogP contribution is -2.49. The minimum atomic E-state index is -0.142. The van der Waals surface area contributed by atoms with Gasteiger partial charge in [0.2, 0.25) is 0 Å². The third-order valence-corrected chi connectivity index (χ3v) is 4.48. The molecule has 0 bridgehead atoms. The van der Waals surface area contributed by atoms with Gasteiger partial charge in [0, 0.05) is 30.7 Å². The van der Waals surface area contributed by atoms with Gasteiger partial charge in [-0.05, 0) is 32.4 Å². The van der Waals surface area contributed by atoms with Crippen LogP contribution in [0, 0.1) is 5.82 Å². The second-order valence-electron chi connectivity index (χ2n) is 5.90. The largest absolute Gasteiger partial charge is 0.374 e. The molecule has 2 aliphatic heterocycles. The monoisotopic (exact) mass is 278 g/mol. The zero-order valence-corrected chi connectivity index (χ0v) is 12.0. The first-order valence-electron chi connectivity index (χ1n) is 7.57. The van der Waals surface area contributed by atoms with Crippen LogP contribution < -0.4 is 5.32 Å². The fourth-order valence-electron chi connectivity index (χ4n) is 3.25. The minimum absolute atomic E-state index is 0.0103. The van der Waals surface area contributed by atoms with Gasteiger partial charge < -0.3 is 10.1 Å². The van der Waals surface area contributed by atoms with Crippen molar-refractivity contribution in [2.75, 3.05) is 26.2 Å². The summed E-state index contributed by atoms with van der Waals surface area (Å²) in [6, 6.07) is 7.60. The van der Waals surface area contributed by atoms with Crippen molar-refractivity contribution in [1.29, 1.82) is 0 Å². The van der Waals surface area contributed by atoms with Crippen LogP contribution in [0.2, 0.25) is 0 Å². The van der Waals surface area contributed by atoms with Gasteiger partial charge in [-0.3, -0.25) is 4.90 Å². The highest BCUT2D eigenvalue weighted by Crippen LogP contribution is 2.23. The Bertz CT molecular complexity index is 454. The molecule has 3 nitrogen and oxygen atoms in total. The summed E-state index contributed by atoms with van der Waals surface area (Å²) in [5.74, 6) is -0.142. The molecule has 0 amide bonds. The summed E-state index contributed by atoms with van der Waals surface area (Å²) in [5, 5.41) is 3.40. The van der Waals surface area contributed by atoms with Gasteiger partial charge in [-0.2, -0.15) is 0 Å². The van der Waals surface area contributed by atoms with Crippen LogP contribution in [0.4, 0.5) is 4.39 Å². The summed E-state index contributed by atoms with van der Waals surface area (Å²) in [5.41, 5.74) is 0.724. The van der Waals surface area contributed by atoms with Crippen molar-refractivity contribution in [1.82, 2.24) is 10.2 Å². The molecule has 2 fully saturated rings. The number of ether oxygens (including phenoxy) is 1. The van der Waals surface area contributed by atoms with E-state index >= 15 is 0 Å². The van der Waals surface area contributed by atoms with E-state index in [0.717, 1.165) is 25.3 Å². The van der Waals surface area contributed by atoms with Crippen molar-refractivity contribution in [3.05, 3.63) is 35.6 Å². The fraction of sp³-hybridized carbons (Fsp3) is 0.625. The third kappa shape index (κ3) is 3.03. The van der Waals surface area contributed by atoms with Crippen molar-refractivity contribution in [3.63, 3.8) is 0 Å². The van der Waals surface area contributed by atoms with Crippen LogP contribution in [0.3, 0.4) is 0 Å². The van der Waals surface area contributed by atoms with E-state index in [1.807, 2.05) is 19.1 Å². The summed E-state index contributed by atoms with van der Waals surface area (Å²) in [4.78, 5) is 2.53. The number of nitrogens with zero attached hydrogens (tertiary/aromatic N) is 1. The van der Waals surface area contributed by atoms with Crippen molar-refractivity contribution in [2.24, 2.45) is 0 Å². The number of fused-ring (bicyclic) bond motifs is 1. The van der Waals surface area contributed by atoms with E-state index < -0.39 is 0 Å².